The first-order valence-electron chi connectivity index (χ1n) is 5.09. The molecule has 0 aliphatic heterocycles. The van der Waals surface area contributed by atoms with Crippen LogP contribution in [0.3, 0.4) is 0 Å². The molecule has 0 aliphatic rings. The predicted octanol–water partition coefficient (Wildman–Crippen LogP) is 5.01. The Hall–Kier alpha value is -0.990. The second-order valence-corrected chi connectivity index (χ2v) is 4.84. The molecule has 1 atom stereocenters. The predicted molar refractivity (Wildman–Crippen MR) is 60.2 cm³/mol. The van der Waals surface area contributed by atoms with Crippen molar-refractivity contribution in [3.05, 3.63) is 29.6 Å². The highest BCUT2D eigenvalue weighted by molar-refractivity contribution is 9.09. The van der Waals surface area contributed by atoms with Crippen LogP contribution in [0.25, 0.3) is 0 Å². The number of hydrogen-bond acceptors (Lipinski definition) is 1. The summed E-state index contributed by atoms with van der Waals surface area (Å²) in [5.41, 5.74) is -0.745. The van der Waals surface area contributed by atoms with Crippen LogP contribution in [0.2, 0.25) is 0 Å². The fourth-order valence-corrected chi connectivity index (χ4v) is 2.53. The third-order valence-corrected chi connectivity index (χ3v) is 3.52. The lowest BCUT2D eigenvalue weighted by atomic mass is 9.97. The second kappa shape index (κ2) is 5.79. The Balaban J connectivity index is 3.23. The second-order valence-electron chi connectivity index (χ2n) is 3.85. The van der Waals surface area contributed by atoms with E-state index in [1.807, 2.05) is 0 Å². The summed E-state index contributed by atoms with van der Waals surface area (Å²) in [5.74, 6) is -4.94. The molecule has 0 heterocycles. The van der Waals surface area contributed by atoms with Gasteiger partial charge in [-0.15, -0.1) is 0 Å². The van der Waals surface area contributed by atoms with Crippen molar-refractivity contribution in [3.8, 4) is 5.75 Å². The van der Waals surface area contributed by atoms with Crippen LogP contribution in [-0.2, 0) is 0 Å². The Labute approximate surface area is 117 Å². The van der Waals surface area contributed by atoms with Gasteiger partial charge in [-0.25, -0.2) is 4.39 Å². The van der Waals surface area contributed by atoms with Gasteiger partial charge in [0.15, 0.2) is 5.92 Å². The zero-order valence-corrected chi connectivity index (χ0v) is 11.4. The van der Waals surface area contributed by atoms with Crippen molar-refractivity contribution in [1.82, 2.24) is 0 Å². The molecular formula is C11H8BrF7O. The number of rotatable bonds is 3. The highest BCUT2D eigenvalue weighted by atomic mass is 79.9. The van der Waals surface area contributed by atoms with E-state index in [4.69, 9.17) is 0 Å². The summed E-state index contributed by atoms with van der Waals surface area (Å²) in [6.07, 6.45) is -11.1. The van der Waals surface area contributed by atoms with E-state index in [2.05, 4.69) is 20.7 Å². The number of benzene rings is 1. The number of methoxy groups -OCH3 is 1. The summed E-state index contributed by atoms with van der Waals surface area (Å²) < 4.78 is 93.4. The van der Waals surface area contributed by atoms with Crippen LogP contribution in [0.5, 0.6) is 5.75 Å². The van der Waals surface area contributed by atoms with Crippen LogP contribution in [0, 0.1) is 11.7 Å². The van der Waals surface area contributed by atoms with Crippen molar-refractivity contribution in [2.24, 2.45) is 5.92 Å². The van der Waals surface area contributed by atoms with Gasteiger partial charge in [0.25, 0.3) is 0 Å². The summed E-state index contributed by atoms with van der Waals surface area (Å²) in [6.45, 7) is 0. The normalized spacial score (nSPS) is 14.5. The Morgan fingerprint density at radius 1 is 1.05 bits per heavy atom. The zero-order valence-electron chi connectivity index (χ0n) is 9.82. The summed E-state index contributed by atoms with van der Waals surface area (Å²) >= 11 is 2.30. The van der Waals surface area contributed by atoms with Gasteiger partial charge in [-0.1, -0.05) is 22.0 Å². The van der Waals surface area contributed by atoms with Crippen LogP contribution in [0.1, 0.15) is 10.4 Å². The number of ether oxygens (including phenoxy) is 1. The van der Waals surface area contributed by atoms with E-state index in [1.165, 1.54) is 7.11 Å². The summed E-state index contributed by atoms with van der Waals surface area (Å²) in [7, 11) is 1.19. The summed E-state index contributed by atoms with van der Waals surface area (Å²) in [5, 5.41) is 0. The van der Waals surface area contributed by atoms with E-state index < -0.39 is 34.5 Å². The molecule has 0 bridgehead atoms. The molecule has 0 amide bonds. The molecule has 0 spiro atoms. The fraction of sp³-hybridized carbons (Fsp3) is 0.455. The van der Waals surface area contributed by atoms with Gasteiger partial charge in [0.2, 0.25) is 0 Å². The Bertz CT molecular complexity index is 455. The maximum atomic E-state index is 13.6. The molecule has 0 aromatic heterocycles. The molecule has 9 heteroatoms. The topological polar surface area (TPSA) is 9.23 Å². The van der Waals surface area contributed by atoms with E-state index in [9.17, 15) is 30.7 Å². The average Bonchev–Trinajstić information content (AvgIpc) is 2.24. The number of alkyl halides is 7. The van der Waals surface area contributed by atoms with E-state index in [0.717, 1.165) is 12.1 Å². The van der Waals surface area contributed by atoms with Gasteiger partial charge in [0.05, 0.1) is 11.9 Å². The smallest absolute Gasteiger partial charge is 0.401 e. The molecule has 0 radical (unpaired) electrons. The van der Waals surface area contributed by atoms with Crippen molar-refractivity contribution < 1.29 is 35.5 Å². The number of hydrogen-bond donors (Lipinski definition) is 0. The minimum atomic E-state index is -5.56. The van der Waals surface area contributed by atoms with E-state index in [1.54, 1.807) is 0 Å². The third kappa shape index (κ3) is 3.77. The van der Waals surface area contributed by atoms with Crippen molar-refractivity contribution in [1.29, 1.82) is 0 Å². The van der Waals surface area contributed by atoms with Crippen molar-refractivity contribution in [2.75, 3.05) is 7.11 Å². The quantitative estimate of drug-likeness (QED) is 0.538. The highest BCUT2D eigenvalue weighted by Crippen LogP contribution is 2.50. The molecule has 0 N–H and O–H groups in total. The molecule has 114 valence electrons. The lowest BCUT2D eigenvalue weighted by molar-refractivity contribution is -0.283. The number of halogens is 8. The molecule has 20 heavy (non-hydrogen) atoms. The molecule has 1 rings (SSSR count). The molecule has 1 unspecified atom stereocenters. The maximum Gasteiger partial charge on any atom is 0.401 e. The van der Waals surface area contributed by atoms with Crippen LogP contribution < -0.4 is 4.74 Å². The zero-order chi connectivity index (χ0) is 15.7. The van der Waals surface area contributed by atoms with Gasteiger partial charge in [-0.3, -0.25) is 0 Å². The lowest BCUT2D eigenvalue weighted by Crippen LogP contribution is -2.39. The van der Waals surface area contributed by atoms with Crippen LogP contribution in [0.15, 0.2) is 18.2 Å². The van der Waals surface area contributed by atoms with Gasteiger partial charge >= 0.3 is 12.4 Å². The Kier molecular flexibility index (Phi) is 4.94. The van der Waals surface area contributed by atoms with E-state index >= 15 is 0 Å². The minimum absolute atomic E-state index is 0.0125. The van der Waals surface area contributed by atoms with E-state index in [0.29, 0.717) is 6.07 Å². The average molecular weight is 369 g/mol. The highest BCUT2D eigenvalue weighted by Gasteiger charge is 2.60. The molecule has 0 fully saturated rings. The first-order valence-corrected chi connectivity index (χ1v) is 6.01. The first-order chi connectivity index (χ1) is 8.98. The summed E-state index contributed by atoms with van der Waals surface area (Å²) in [6, 6.07) is 2.61. The van der Waals surface area contributed by atoms with E-state index in [-0.39, 0.29) is 5.75 Å². The third-order valence-electron chi connectivity index (χ3n) is 2.50. The van der Waals surface area contributed by atoms with Gasteiger partial charge in [0.1, 0.15) is 11.6 Å². The Morgan fingerprint density at radius 3 is 1.90 bits per heavy atom. The van der Waals surface area contributed by atoms with Crippen molar-refractivity contribution in [2.45, 2.75) is 17.2 Å². The SMILES string of the molecule is COc1ccc(C(Br)C(C(F)(F)F)C(F)(F)F)c(F)c1. The minimum Gasteiger partial charge on any atom is -0.497 e. The molecule has 1 nitrogen and oxygen atoms in total. The van der Waals surface area contributed by atoms with Gasteiger partial charge in [0, 0.05) is 11.6 Å². The van der Waals surface area contributed by atoms with Crippen molar-refractivity contribution in [3.63, 3.8) is 0 Å². The first kappa shape index (κ1) is 17.1. The van der Waals surface area contributed by atoms with Crippen LogP contribution >= 0.6 is 15.9 Å². The van der Waals surface area contributed by atoms with Crippen LogP contribution in [0.4, 0.5) is 30.7 Å². The standard InChI is InChI=1S/C11H8BrF7O/c1-20-5-2-3-6(7(13)4-5)8(12)9(10(14,15)16)11(17,18)19/h2-4,8-9H,1H3. The van der Waals surface area contributed by atoms with Gasteiger partial charge in [-0.2, -0.15) is 26.3 Å². The lowest BCUT2D eigenvalue weighted by Gasteiger charge is -2.27. The molecule has 0 aliphatic carbocycles. The summed E-state index contributed by atoms with van der Waals surface area (Å²) in [4.78, 5) is -2.28. The Morgan fingerprint density at radius 2 is 1.55 bits per heavy atom. The van der Waals surface area contributed by atoms with Gasteiger partial charge < -0.3 is 4.74 Å². The molecule has 1 aromatic rings. The van der Waals surface area contributed by atoms with Gasteiger partial charge in [-0.05, 0) is 6.07 Å². The molecular weight excluding hydrogens is 361 g/mol. The monoisotopic (exact) mass is 368 g/mol. The molecule has 0 saturated heterocycles. The fourth-order valence-electron chi connectivity index (χ4n) is 1.56. The van der Waals surface area contributed by atoms with Crippen LogP contribution in [-0.4, -0.2) is 19.5 Å². The van der Waals surface area contributed by atoms with Crippen molar-refractivity contribution >= 4 is 15.9 Å². The molecule has 0 saturated carbocycles. The molecule has 1 aromatic carbocycles. The maximum absolute atomic E-state index is 13.6. The largest absolute Gasteiger partial charge is 0.497 e.